The van der Waals surface area contributed by atoms with Crippen molar-refractivity contribution in [2.45, 2.75) is 18.6 Å². The second-order valence-corrected chi connectivity index (χ2v) is 4.14. The van der Waals surface area contributed by atoms with Crippen LogP contribution in [-0.2, 0) is 0 Å². The second-order valence-electron chi connectivity index (χ2n) is 3.23. The fraction of sp³-hybridized carbons (Fsp3) is 0.400. The fourth-order valence-electron chi connectivity index (χ4n) is 1.26. The molecule has 0 heterocycles. The highest BCUT2D eigenvalue weighted by molar-refractivity contribution is 9.10. The highest BCUT2D eigenvalue weighted by Crippen LogP contribution is 2.23. The van der Waals surface area contributed by atoms with Gasteiger partial charge in [-0.05, 0) is 30.2 Å². The number of hydrogen-bond acceptors (Lipinski definition) is 3. The molecule has 1 aromatic rings. The lowest BCUT2D eigenvalue weighted by atomic mass is 10.0. The molecule has 0 saturated heterocycles. The fourth-order valence-corrected chi connectivity index (χ4v) is 1.74. The van der Waals surface area contributed by atoms with Gasteiger partial charge in [-0.3, -0.25) is 0 Å². The van der Waals surface area contributed by atoms with E-state index in [-0.39, 0.29) is 18.6 Å². The molecule has 5 heteroatoms. The Balaban J connectivity index is 2.85. The summed E-state index contributed by atoms with van der Waals surface area (Å²) in [7, 11) is 0. The minimum atomic E-state index is -1.19. The Bertz CT molecular complexity index is 312. The van der Waals surface area contributed by atoms with E-state index in [2.05, 4.69) is 15.9 Å². The first kappa shape index (κ1) is 12.6. The van der Waals surface area contributed by atoms with Crippen LogP contribution in [0.25, 0.3) is 0 Å². The Morgan fingerprint density at radius 3 is 2.47 bits per heavy atom. The quantitative estimate of drug-likeness (QED) is 0.780. The number of rotatable bonds is 4. The van der Waals surface area contributed by atoms with Gasteiger partial charge < -0.3 is 15.3 Å². The molecule has 0 radical (unpaired) electrons. The number of hydrogen-bond donors (Lipinski definition) is 3. The molecule has 15 heavy (non-hydrogen) atoms. The first-order chi connectivity index (χ1) is 7.04. The van der Waals surface area contributed by atoms with Crippen LogP contribution in [0.2, 0.25) is 0 Å². The van der Waals surface area contributed by atoms with E-state index < -0.39 is 18.0 Å². The lowest BCUT2D eigenvalue weighted by Gasteiger charge is -2.17. The molecule has 1 aromatic carbocycles. The summed E-state index contributed by atoms with van der Waals surface area (Å²) in [5.74, 6) is -0.491. The molecule has 0 fully saturated rings. The number of aliphatic hydroxyl groups excluding tert-OH is 3. The summed E-state index contributed by atoms with van der Waals surface area (Å²) in [5, 5.41) is 27.6. The van der Waals surface area contributed by atoms with Crippen LogP contribution in [0.4, 0.5) is 4.39 Å². The minimum absolute atomic E-state index is 0.0509. The van der Waals surface area contributed by atoms with Crippen LogP contribution in [0.15, 0.2) is 22.7 Å². The molecule has 3 N–H and O–H groups in total. The molecule has 0 amide bonds. The van der Waals surface area contributed by atoms with Crippen molar-refractivity contribution in [2.24, 2.45) is 0 Å². The highest BCUT2D eigenvalue weighted by atomic mass is 79.9. The van der Waals surface area contributed by atoms with Crippen molar-refractivity contribution in [3.63, 3.8) is 0 Å². The Labute approximate surface area is 95.3 Å². The van der Waals surface area contributed by atoms with Gasteiger partial charge in [0.05, 0.1) is 6.10 Å². The zero-order valence-corrected chi connectivity index (χ0v) is 9.48. The summed E-state index contributed by atoms with van der Waals surface area (Å²) in [5.41, 5.74) is 0.280. The van der Waals surface area contributed by atoms with Crippen LogP contribution in [0.3, 0.4) is 0 Å². The van der Waals surface area contributed by atoms with E-state index in [1.165, 1.54) is 12.1 Å². The molecular weight excluding hydrogens is 267 g/mol. The summed E-state index contributed by atoms with van der Waals surface area (Å²) in [4.78, 5) is 0. The number of halogens is 2. The molecule has 0 aromatic heterocycles. The van der Waals surface area contributed by atoms with Gasteiger partial charge in [-0.15, -0.1) is 0 Å². The summed E-state index contributed by atoms with van der Waals surface area (Å²) in [6, 6.07) is 3.93. The number of aliphatic hydroxyl groups is 3. The first-order valence-corrected chi connectivity index (χ1v) is 5.27. The first-order valence-electron chi connectivity index (χ1n) is 4.47. The van der Waals surface area contributed by atoms with Gasteiger partial charge in [-0.1, -0.05) is 15.9 Å². The van der Waals surface area contributed by atoms with Crippen LogP contribution >= 0.6 is 15.9 Å². The second kappa shape index (κ2) is 5.55. The van der Waals surface area contributed by atoms with Crippen LogP contribution in [-0.4, -0.2) is 28.0 Å². The largest absolute Gasteiger partial charge is 0.396 e. The van der Waals surface area contributed by atoms with Crippen molar-refractivity contribution in [3.8, 4) is 0 Å². The zero-order chi connectivity index (χ0) is 11.4. The molecule has 0 aliphatic heterocycles. The van der Waals surface area contributed by atoms with Crippen LogP contribution in [0.1, 0.15) is 18.1 Å². The van der Waals surface area contributed by atoms with Crippen LogP contribution in [0, 0.1) is 5.82 Å². The third kappa shape index (κ3) is 3.53. The topological polar surface area (TPSA) is 60.7 Å². The van der Waals surface area contributed by atoms with Crippen molar-refractivity contribution in [3.05, 3.63) is 34.1 Å². The zero-order valence-electron chi connectivity index (χ0n) is 7.90. The summed E-state index contributed by atoms with van der Waals surface area (Å²) in [6.45, 7) is -0.227. The molecule has 2 unspecified atom stereocenters. The van der Waals surface area contributed by atoms with Crippen molar-refractivity contribution in [2.75, 3.05) is 6.61 Å². The standard InChI is InChI=1S/C10H12BrFO3/c11-7-3-6(4-8(12)5-7)10(15)9(14)1-2-13/h3-5,9-10,13-15H,1-2H2. The van der Waals surface area contributed by atoms with Crippen molar-refractivity contribution in [1.82, 2.24) is 0 Å². The van der Waals surface area contributed by atoms with E-state index in [0.29, 0.717) is 4.47 Å². The summed E-state index contributed by atoms with van der Waals surface area (Å²) in [6.07, 6.45) is -2.23. The van der Waals surface area contributed by atoms with Crippen molar-refractivity contribution < 1.29 is 19.7 Å². The van der Waals surface area contributed by atoms with Crippen molar-refractivity contribution in [1.29, 1.82) is 0 Å². The third-order valence-electron chi connectivity index (χ3n) is 2.02. The maximum Gasteiger partial charge on any atom is 0.124 e. The third-order valence-corrected chi connectivity index (χ3v) is 2.47. The molecule has 1 rings (SSSR count). The highest BCUT2D eigenvalue weighted by Gasteiger charge is 2.18. The molecule has 84 valence electrons. The molecule has 0 spiro atoms. The predicted molar refractivity (Wildman–Crippen MR) is 56.8 cm³/mol. The Kier molecular flexibility index (Phi) is 4.66. The molecule has 0 aliphatic rings. The summed E-state index contributed by atoms with van der Waals surface area (Å²) < 4.78 is 13.5. The van der Waals surface area contributed by atoms with Crippen LogP contribution in [0.5, 0.6) is 0 Å². The molecule has 0 bridgehead atoms. The van der Waals surface area contributed by atoms with Gasteiger partial charge in [0.15, 0.2) is 0 Å². The number of benzene rings is 1. The van der Waals surface area contributed by atoms with E-state index in [1.807, 2.05) is 0 Å². The minimum Gasteiger partial charge on any atom is -0.396 e. The average molecular weight is 279 g/mol. The van der Waals surface area contributed by atoms with Gasteiger partial charge in [0.25, 0.3) is 0 Å². The Morgan fingerprint density at radius 2 is 1.93 bits per heavy atom. The lowest BCUT2D eigenvalue weighted by Crippen LogP contribution is -2.19. The van der Waals surface area contributed by atoms with E-state index in [0.717, 1.165) is 6.07 Å². The van der Waals surface area contributed by atoms with Gasteiger partial charge in [-0.2, -0.15) is 0 Å². The Hall–Kier alpha value is -0.490. The Morgan fingerprint density at radius 1 is 1.27 bits per heavy atom. The predicted octanol–water partition coefficient (Wildman–Crippen LogP) is 1.36. The van der Waals surface area contributed by atoms with Gasteiger partial charge in [0.1, 0.15) is 11.9 Å². The average Bonchev–Trinajstić information content (AvgIpc) is 2.15. The SMILES string of the molecule is OCCC(O)C(O)c1cc(F)cc(Br)c1. The molecule has 2 atom stereocenters. The normalized spacial score (nSPS) is 15.0. The monoisotopic (exact) mass is 278 g/mol. The van der Waals surface area contributed by atoms with Crippen molar-refractivity contribution >= 4 is 15.9 Å². The van der Waals surface area contributed by atoms with Gasteiger partial charge in [0, 0.05) is 11.1 Å². The molecule has 0 aliphatic carbocycles. The molecule has 3 nitrogen and oxygen atoms in total. The smallest absolute Gasteiger partial charge is 0.124 e. The van der Waals surface area contributed by atoms with E-state index in [9.17, 15) is 14.6 Å². The molecule has 0 saturated carbocycles. The van der Waals surface area contributed by atoms with Crippen LogP contribution < -0.4 is 0 Å². The maximum atomic E-state index is 13.0. The van der Waals surface area contributed by atoms with E-state index in [1.54, 1.807) is 0 Å². The van der Waals surface area contributed by atoms with Gasteiger partial charge in [0.2, 0.25) is 0 Å². The lowest BCUT2D eigenvalue weighted by molar-refractivity contribution is 0.00405. The van der Waals surface area contributed by atoms with Gasteiger partial charge >= 0.3 is 0 Å². The van der Waals surface area contributed by atoms with E-state index in [4.69, 9.17) is 5.11 Å². The maximum absolute atomic E-state index is 13.0. The summed E-state index contributed by atoms with van der Waals surface area (Å²) >= 11 is 3.09. The van der Waals surface area contributed by atoms with Gasteiger partial charge in [-0.25, -0.2) is 4.39 Å². The molecular formula is C10H12BrFO3. The van der Waals surface area contributed by atoms with E-state index >= 15 is 0 Å².